The van der Waals surface area contributed by atoms with Gasteiger partial charge in [0.25, 0.3) is 5.91 Å². The Kier molecular flexibility index (Phi) is 8.83. The molecule has 0 N–H and O–H groups in total. The molecule has 184 valence electrons. The van der Waals surface area contributed by atoms with Gasteiger partial charge in [-0.1, -0.05) is 30.7 Å². The summed E-state index contributed by atoms with van der Waals surface area (Å²) in [5.41, 5.74) is 1.93. The minimum Gasteiger partial charge on any atom is -0.494 e. The smallest absolute Gasteiger partial charge is 0.257 e. The third-order valence-corrected chi connectivity index (χ3v) is 6.98. The third-order valence-electron chi connectivity index (χ3n) is 6.98. The van der Waals surface area contributed by atoms with E-state index in [0.29, 0.717) is 30.4 Å². The van der Waals surface area contributed by atoms with Crippen LogP contribution in [0.2, 0.25) is 0 Å². The molecule has 1 amide bonds. The van der Waals surface area contributed by atoms with Crippen LogP contribution in [0.3, 0.4) is 0 Å². The number of fused-ring (bicyclic) bond motifs is 3. The van der Waals surface area contributed by atoms with Gasteiger partial charge in [0.1, 0.15) is 18.1 Å². The Morgan fingerprint density at radius 2 is 1.82 bits per heavy atom. The van der Waals surface area contributed by atoms with Crippen LogP contribution in [0, 0.1) is 5.92 Å². The van der Waals surface area contributed by atoms with Crippen molar-refractivity contribution in [3.8, 4) is 11.5 Å². The molecule has 2 atom stereocenters. The zero-order valence-electron chi connectivity index (χ0n) is 20.6. The lowest BCUT2D eigenvalue weighted by Crippen LogP contribution is -2.46. The number of rotatable bonds is 5. The van der Waals surface area contributed by atoms with Crippen molar-refractivity contribution in [1.82, 2.24) is 9.80 Å². The van der Waals surface area contributed by atoms with Crippen LogP contribution in [-0.4, -0.2) is 68.3 Å². The van der Waals surface area contributed by atoms with Crippen LogP contribution in [0.5, 0.6) is 11.5 Å². The summed E-state index contributed by atoms with van der Waals surface area (Å²) in [7, 11) is 1.80. The summed E-state index contributed by atoms with van der Waals surface area (Å²) < 4.78 is 17.5. The van der Waals surface area contributed by atoms with E-state index in [9.17, 15) is 4.79 Å². The number of amides is 1. The van der Waals surface area contributed by atoms with Crippen molar-refractivity contribution >= 4 is 5.91 Å². The molecular weight excluding hydrogens is 428 g/mol. The zero-order valence-corrected chi connectivity index (χ0v) is 20.6. The molecule has 2 aliphatic rings. The number of carbonyl (C=O) groups is 1. The summed E-state index contributed by atoms with van der Waals surface area (Å²) in [4.78, 5) is 17.8. The first kappa shape index (κ1) is 24.6. The summed E-state index contributed by atoms with van der Waals surface area (Å²) in [6.07, 6.45) is 4.44. The molecule has 6 nitrogen and oxygen atoms in total. The molecule has 6 heteroatoms. The molecule has 0 radical (unpaired) electrons. The second-order valence-corrected chi connectivity index (χ2v) is 9.27. The van der Waals surface area contributed by atoms with Crippen LogP contribution in [0.1, 0.15) is 48.5 Å². The van der Waals surface area contributed by atoms with E-state index in [-0.39, 0.29) is 12.0 Å². The van der Waals surface area contributed by atoms with Crippen LogP contribution in [-0.2, 0) is 11.3 Å². The van der Waals surface area contributed by atoms with Gasteiger partial charge in [0.05, 0.1) is 18.3 Å². The van der Waals surface area contributed by atoms with Crippen LogP contribution in [0.25, 0.3) is 0 Å². The molecule has 34 heavy (non-hydrogen) atoms. The number of para-hydroxylation sites is 1. The average molecular weight is 467 g/mol. The van der Waals surface area contributed by atoms with Crippen molar-refractivity contribution in [1.29, 1.82) is 0 Å². The quantitative estimate of drug-likeness (QED) is 0.643. The average Bonchev–Trinajstić information content (AvgIpc) is 2.87. The first-order valence-electron chi connectivity index (χ1n) is 12.7. The molecule has 0 saturated carbocycles. The van der Waals surface area contributed by atoms with Crippen molar-refractivity contribution in [2.75, 3.05) is 46.5 Å². The van der Waals surface area contributed by atoms with Crippen LogP contribution in [0.15, 0.2) is 48.5 Å². The van der Waals surface area contributed by atoms with E-state index in [4.69, 9.17) is 14.2 Å². The SMILES string of the molecule is CCOc1ccc(CN2CCCC[C@H]3CN(CC[C@H]3OC)C(=O)c3ccccc3OCC2)cc1. The molecule has 0 aromatic heterocycles. The van der Waals surface area contributed by atoms with E-state index in [0.717, 1.165) is 64.2 Å². The number of carbonyl (C=O) groups excluding carboxylic acids is 1. The van der Waals surface area contributed by atoms with Gasteiger partial charge in [-0.05, 0) is 62.6 Å². The molecule has 2 bridgehead atoms. The highest BCUT2D eigenvalue weighted by Gasteiger charge is 2.32. The summed E-state index contributed by atoms with van der Waals surface area (Å²) >= 11 is 0. The largest absolute Gasteiger partial charge is 0.494 e. The van der Waals surface area contributed by atoms with E-state index in [1.54, 1.807) is 7.11 Å². The van der Waals surface area contributed by atoms with Crippen molar-refractivity contribution in [3.05, 3.63) is 59.7 Å². The third kappa shape index (κ3) is 6.30. The fraction of sp³-hybridized carbons (Fsp3) is 0.536. The summed E-state index contributed by atoms with van der Waals surface area (Å²) in [5, 5.41) is 0. The monoisotopic (exact) mass is 466 g/mol. The lowest BCUT2D eigenvalue weighted by molar-refractivity contribution is -0.00702. The molecule has 1 fully saturated rings. The topological polar surface area (TPSA) is 51.2 Å². The minimum absolute atomic E-state index is 0.0680. The molecule has 2 heterocycles. The number of ether oxygens (including phenoxy) is 3. The normalized spacial score (nSPS) is 22.4. The van der Waals surface area contributed by atoms with Crippen molar-refractivity contribution in [3.63, 3.8) is 0 Å². The van der Waals surface area contributed by atoms with Crippen LogP contribution in [0.4, 0.5) is 0 Å². The van der Waals surface area contributed by atoms with Gasteiger partial charge in [-0.2, -0.15) is 0 Å². The van der Waals surface area contributed by atoms with Gasteiger partial charge in [-0.25, -0.2) is 0 Å². The maximum absolute atomic E-state index is 13.4. The number of benzene rings is 2. The predicted octanol–water partition coefficient (Wildman–Crippen LogP) is 4.63. The van der Waals surface area contributed by atoms with E-state index in [1.165, 1.54) is 5.56 Å². The van der Waals surface area contributed by atoms with Gasteiger partial charge >= 0.3 is 0 Å². The molecule has 4 rings (SSSR count). The van der Waals surface area contributed by atoms with Crippen molar-refractivity contribution < 1.29 is 19.0 Å². The molecular formula is C28H38N2O4. The molecule has 0 aliphatic carbocycles. The maximum Gasteiger partial charge on any atom is 0.257 e. The first-order chi connectivity index (χ1) is 16.7. The van der Waals surface area contributed by atoms with Crippen LogP contribution >= 0.6 is 0 Å². The number of nitrogens with zero attached hydrogens (tertiary/aromatic N) is 2. The van der Waals surface area contributed by atoms with Crippen molar-refractivity contribution in [2.45, 2.75) is 45.3 Å². The van der Waals surface area contributed by atoms with Gasteiger partial charge in [-0.15, -0.1) is 0 Å². The highest BCUT2D eigenvalue weighted by atomic mass is 16.5. The van der Waals surface area contributed by atoms with E-state index >= 15 is 0 Å². The lowest BCUT2D eigenvalue weighted by atomic mass is 9.89. The van der Waals surface area contributed by atoms with Crippen molar-refractivity contribution in [2.24, 2.45) is 5.92 Å². The summed E-state index contributed by atoms with van der Waals surface area (Å²) in [5.74, 6) is 2.03. The Hall–Kier alpha value is -2.57. The molecule has 2 aromatic rings. The fourth-order valence-corrected chi connectivity index (χ4v) is 5.13. The summed E-state index contributed by atoms with van der Waals surface area (Å²) in [6, 6.07) is 16.0. The minimum atomic E-state index is 0.0680. The molecule has 2 aliphatic heterocycles. The lowest BCUT2D eigenvalue weighted by Gasteiger charge is -2.38. The first-order valence-corrected chi connectivity index (χ1v) is 12.7. The molecule has 2 aromatic carbocycles. The Balaban J connectivity index is 1.49. The Morgan fingerprint density at radius 3 is 2.62 bits per heavy atom. The predicted molar refractivity (Wildman–Crippen MR) is 133 cm³/mol. The highest BCUT2D eigenvalue weighted by molar-refractivity contribution is 5.97. The number of piperidine rings is 1. The highest BCUT2D eigenvalue weighted by Crippen LogP contribution is 2.28. The van der Waals surface area contributed by atoms with Gasteiger partial charge in [0.15, 0.2) is 0 Å². The Labute approximate surface area is 203 Å². The molecule has 1 saturated heterocycles. The second kappa shape index (κ2) is 12.2. The van der Waals surface area contributed by atoms with Gasteiger partial charge < -0.3 is 19.1 Å². The van der Waals surface area contributed by atoms with E-state index in [2.05, 4.69) is 17.0 Å². The summed E-state index contributed by atoms with van der Waals surface area (Å²) in [6.45, 7) is 7.41. The van der Waals surface area contributed by atoms with Gasteiger partial charge in [0, 0.05) is 39.2 Å². The Bertz CT molecular complexity index is 917. The van der Waals surface area contributed by atoms with Gasteiger partial charge in [0.2, 0.25) is 0 Å². The zero-order chi connectivity index (χ0) is 23.8. The number of hydrogen-bond donors (Lipinski definition) is 0. The van der Waals surface area contributed by atoms with E-state index < -0.39 is 0 Å². The number of hydrogen-bond acceptors (Lipinski definition) is 5. The number of methoxy groups -OCH3 is 1. The maximum atomic E-state index is 13.4. The molecule has 0 spiro atoms. The van der Waals surface area contributed by atoms with Crippen LogP contribution < -0.4 is 9.47 Å². The fourth-order valence-electron chi connectivity index (χ4n) is 5.13. The molecule has 0 unspecified atom stereocenters. The van der Waals surface area contributed by atoms with Gasteiger partial charge in [-0.3, -0.25) is 9.69 Å². The second-order valence-electron chi connectivity index (χ2n) is 9.27. The van der Waals surface area contributed by atoms with E-state index in [1.807, 2.05) is 48.2 Å². The Morgan fingerprint density at radius 1 is 1.00 bits per heavy atom. The standard InChI is InChI=1S/C28H38N2O4/c1-3-33-24-13-11-22(12-14-24)20-29-16-7-6-8-23-21-30(17-15-26(23)32-2)28(31)25-9-4-5-10-27(25)34-19-18-29/h4-5,9-14,23,26H,3,6-8,15-21H2,1-2H3/t23-,26+/m0/s1.